The summed E-state index contributed by atoms with van der Waals surface area (Å²) in [7, 11) is -9.08. The van der Waals surface area contributed by atoms with Crippen LogP contribution in [-0.2, 0) is 29.9 Å². The van der Waals surface area contributed by atoms with E-state index in [1.807, 2.05) is 0 Å². The molecule has 2 N–H and O–H groups in total. The third kappa shape index (κ3) is 5.87. The summed E-state index contributed by atoms with van der Waals surface area (Å²) < 4.78 is 89.2. The number of hydrogen-bond acceptors (Lipinski definition) is 9. The fraction of sp³-hybridized carbons (Fsp3) is 0.400. The molecule has 188 valence electrons. The van der Waals surface area contributed by atoms with Crippen molar-refractivity contribution in [3.05, 3.63) is 48.5 Å². The fourth-order valence-corrected chi connectivity index (χ4v) is 8.13. The molecule has 11 nitrogen and oxygen atoms in total. The maximum Gasteiger partial charge on any atom is 0.243 e. The summed E-state index contributed by atoms with van der Waals surface area (Å²) in [6, 6.07) is 9.78. The molecule has 1 fully saturated rings. The molecule has 0 aromatic heterocycles. The van der Waals surface area contributed by atoms with Crippen molar-refractivity contribution in [1.29, 1.82) is 0 Å². The number of rotatable bonds is 10. The average molecular weight is 535 g/mol. The van der Waals surface area contributed by atoms with Crippen molar-refractivity contribution in [1.82, 2.24) is 9.03 Å². The van der Waals surface area contributed by atoms with Gasteiger partial charge >= 0.3 is 0 Å². The molecular formula is C20H26N2O9S3. The van der Waals surface area contributed by atoms with E-state index in [-0.39, 0.29) is 16.3 Å². The second kappa shape index (κ2) is 10.2. The Bertz CT molecular complexity index is 1310. The Kier molecular flexibility index (Phi) is 7.89. The molecule has 2 aromatic carbocycles. The van der Waals surface area contributed by atoms with Crippen LogP contribution in [0.1, 0.15) is 0 Å². The van der Waals surface area contributed by atoms with Gasteiger partial charge in [-0.3, -0.25) is 0 Å². The predicted molar refractivity (Wildman–Crippen MR) is 124 cm³/mol. The lowest BCUT2D eigenvalue weighted by Crippen LogP contribution is -2.49. The van der Waals surface area contributed by atoms with Crippen molar-refractivity contribution in [2.75, 3.05) is 38.8 Å². The molecular weight excluding hydrogens is 508 g/mol. The van der Waals surface area contributed by atoms with Gasteiger partial charge in [0.1, 0.15) is 11.5 Å². The second-order valence-electron chi connectivity index (χ2n) is 7.58. The zero-order chi connectivity index (χ0) is 25.1. The normalized spacial score (nSPS) is 20.4. The van der Waals surface area contributed by atoms with Crippen LogP contribution in [0.4, 0.5) is 0 Å². The molecule has 0 amide bonds. The smallest absolute Gasteiger partial charge is 0.243 e. The van der Waals surface area contributed by atoms with Gasteiger partial charge in [-0.15, -0.1) is 0 Å². The van der Waals surface area contributed by atoms with Crippen LogP contribution in [0.15, 0.2) is 58.3 Å². The van der Waals surface area contributed by atoms with Crippen LogP contribution in [0.2, 0.25) is 0 Å². The molecule has 14 heteroatoms. The topological polar surface area (TPSA) is 156 Å². The highest BCUT2D eigenvalue weighted by molar-refractivity contribution is 7.92. The molecule has 1 aliphatic rings. The molecule has 1 heterocycles. The molecule has 0 unspecified atom stereocenters. The lowest BCUT2D eigenvalue weighted by atomic mass is 10.2. The summed E-state index contributed by atoms with van der Waals surface area (Å²) in [5, 5.41) is 10.3. The Labute approximate surface area is 199 Å². The zero-order valence-corrected chi connectivity index (χ0v) is 20.9. The lowest BCUT2D eigenvalue weighted by Gasteiger charge is -2.29. The van der Waals surface area contributed by atoms with Crippen molar-refractivity contribution in [3.8, 4) is 11.5 Å². The van der Waals surface area contributed by atoms with E-state index >= 15 is 0 Å². The molecule has 0 aliphatic carbocycles. The Morgan fingerprint density at radius 2 is 1.41 bits per heavy atom. The van der Waals surface area contributed by atoms with E-state index < -0.39 is 60.1 Å². The molecule has 0 bridgehead atoms. The van der Waals surface area contributed by atoms with Gasteiger partial charge in [0.05, 0.1) is 47.7 Å². The minimum absolute atomic E-state index is 0.0543. The third-order valence-electron chi connectivity index (χ3n) is 5.32. The summed E-state index contributed by atoms with van der Waals surface area (Å²) in [5.41, 5.74) is 0. The Morgan fingerprint density at radius 1 is 0.912 bits per heavy atom. The Hall–Kier alpha value is -2.23. The van der Waals surface area contributed by atoms with Crippen LogP contribution in [0.5, 0.6) is 11.5 Å². The molecule has 1 aliphatic heterocycles. The molecule has 3 rings (SSSR count). The fourth-order valence-electron chi connectivity index (χ4n) is 3.56. The summed E-state index contributed by atoms with van der Waals surface area (Å²) >= 11 is 0. The molecule has 0 spiro atoms. The van der Waals surface area contributed by atoms with Crippen molar-refractivity contribution in [2.45, 2.75) is 21.9 Å². The van der Waals surface area contributed by atoms with Crippen LogP contribution in [0.3, 0.4) is 0 Å². The number of nitrogens with one attached hydrogen (secondary N) is 1. The van der Waals surface area contributed by atoms with Crippen LogP contribution >= 0.6 is 0 Å². The van der Waals surface area contributed by atoms with E-state index in [0.29, 0.717) is 11.5 Å². The van der Waals surface area contributed by atoms with E-state index in [4.69, 9.17) is 9.47 Å². The zero-order valence-electron chi connectivity index (χ0n) is 18.5. The van der Waals surface area contributed by atoms with Gasteiger partial charge in [0.25, 0.3) is 0 Å². The number of aliphatic hydroxyl groups excluding tert-OH is 1. The SMILES string of the molecule is COc1ccc(S(=O)(=O)NCCN([C@@H]2CS(=O)(=O)C[C@@H]2O)S(=O)(=O)c2ccc(OC)cc2)cc1. The highest BCUT2D eigenvalue weighted by Crippen LogP contribution is 2.26. The maximum atomic E-state index is 13.4. The Morgan fingerprint density at radius 3 is 1.85 bits per heavy atom. The molecule has 34 heavy (non-hydrogen) atoms. The average Bonchev–Trinajstić information content (AvgIpc) is 3.08. The molecule has 0 radical (unpaired) electrons. The van der Waals surface area contributed by atoms with E-state index in [2.05, 4.69) is 4.72 Å². The first kappa shape index (κ1) is 26.4. The number of aliphatic hydroxyl groups is 1. The largest absolute Gasteiger partial charge is 0.497 e. The second-order valence-corrected chi connectivity index (χ2v) is 13.4. The van der Waals surface area contributed by atoms with Crippen LogP contribution < -0.4 is 14.2 Å². The first-order valence-electron chi connectivity index (χ1n) is 10.1. The molecule has 0 saturated carbocycles. The summed E-state index contributed by atoms with van der Waals surface area (Å²) in [6.07, 6.45) is -1.45. The standard InChI is InChI=1S/C20H26N2O9S3/c1-30-15-3-7-17(8-4-15)33(26,27)21-11-12-22(19-13-32(24,25)14-20(19)23)34(28,29)18-9-5-16(31-2)6-10-18/h3-10,19-21,23H,11-14H2,1-2H3/t19-,20+/m1/s1. The van der Waals surface area contributed by atoms with Crippen molar-refractivity contribution < 1.29 is 39.8 Å². The van der Waals surface area contributed by atoms with Crippen LogP contribution in [0, 0.1) is 0 Å². The number of hydrogen-bond donors (Lipinski definition) is 2. The number of sulfonamides is 2. The summed E-state index contributed by atoms with van der Waals surface area (Å²) in [6.45, 7) is -0.756. The minimum Gasteiger partial charge on any atom is -0.497 e. The first-order chi connectivity index (χ1) is 15.9. The lowest BCUT2D eigenvalue weighted by molar-refractivity contribution is 0.128. The van der Waals surface area contributed by atoms with Crippen molar-refractivity contribution >= 4 is 29.9 Å². The third-order valence-corrected chi connectivity index (χ3v) is 10.4. The van der Waals surface area contributed by atoms with E-state index in [1.165, 1.54) is 62.8 Å². The maximum absolute atomic E-state index is 13.4. The number of nitrogens with zero attached hydrogens (tertiary/aromatic N) is 1. The van der Waals surface area contributed by atoms with Gasteiger partial charge in [-0.05, 0) is 48.5 Å². The molecule has 2 aromatic rings. The van der Waals surface area contributed by atoms with E-state index in [1.54, 1.807) is 0 Å². The summed E-state index contributed by atoms with van der Waals surface area (Å²) in [5.74, 6) is -0.271. The van der Waals surface area contributed by atoms with Crippen molar-refractivity contribution in [3.63, 3.8) is 0 Å². The van der Waals surface area contributed by atoms with E-state index in [0.717, 1.165) is 4.31 Å². The van der Waals surface area contributed by atoms with Crippen LogP contribution in [-0.4, -0.2) is 85.6 Å². The predicted octanol–water partition coefficient (Wildman–Crippen LogP) is -0.169. The number of benzene rings is 2. The highest BCUT2D eigenvalue weighted by Gasteiger charge is 2.44. The van der Waals surface area contributed by atoms with Gasteiger partial charge in [-0.25, -0.2) is 30.0 Å². The number of methoxy groups -OCH3 is 2. The quantitative estimate of drug-likeness (QED) is 0.422. The van der Waals surface area contributed by atoms with Crippen LogP contribution in [0.25, 0.3) is 0 Å². The van der Waals surface area contributed by atoms with Gasteiger partial charge < -0.3 is 14.6 Å². The minimum atomic E-state index is -4.28. The van der Waals surface area contributed by atoms with Gasteiger partial charge in [-0.1, -0.05) is 0 Å². The molecule has 1 saturated heterocycles. The highest BCUT2D eigenvalue weighted by atomic mass is 32.2. The van der Waals surface area contributed by atoms with Gasteiger partial charge in [0.15, 0.2) is 9.84 Å². The van der Waals surface area contributed by atoms with Gasteiger partial charge in [-0.2, -0.15) is 4.31 Å². The van der Waals surface area contributed by atoms with Gasteiger partial charge in [0.2, 0.25) is 20.0 Å². The van der Waals surface area contributed by atoms with Gasteiger partial charge in [0, 0.05) is 13.1 Å². The number of ether oxygens (including phenoxy) is 2. The Balaban J connectivity index is 1.85. The van der Waals surface area contributed by atoms with Crippen molar-refractivity contribution in [2.24, 2.45) is 0 Å². The monoisotopic (exact) mass is 534 g/mol. The molecule has 2 atom stereocenters. The summed E-state index contributed by atoms with van der Waals surface area (Å²) in [4.78, 5) is -0.204. The first-order valence-corrected chi connectivity index (χ1v) is 14.8. The van der Waals surface area contributed by atoms with E-state index in [9.17, 15) is 30.4 Å². The number of sulfone groups is 1.